The lowest BCUT2D eigenvalue weighted by Crippen LogP contribution is -2.34. The van der Waals surface area contributed by atoms with Crippen LogP contribution in [0.2, 0.25) is 0 Å². The van der Waals surface area contributed by atoms with Crippen molar-refractivity contribution in [3.8, 4) is 17.1 Å². The Morgan fingerprint density at radius 2 is 2.06 bits per heavy atom. The molecule has 1 aliphatic heterocycles. The number of nitro groups is 1. The molecule has 1 aromatic carbocycles. The number of furan rings is 1. The number of hydrogen-bond acceptors (Lipinski definition) is 9. The van der Waals surface area contributed by atoms with Crippen LogP contribution >= 0.6 is 11.8 Å². The van der Waals surface area contributed by atoms with Gasteiger partial charge in [-0.15, -0.1) is 0 Å². The molecule has 0 unspecified atom stereocenters. The van der Waals surface area contributed by atoms with Crippen molar-refractivity contribution in [3.05, 3.63) is 51.1 Å². The number of ether oxygens (including phenoxy) is 2. The van der Waals surface area contributed by atoms with Gasteiger partial charge in [0, 0.05) is 6.08 Å². The van der Waals surface area contributed by atoms with Gasteiger partial charge in [-0.25, -0.2) is 0 Å². The van der Waals surface area contributed by atoms with E-state index in [9.17, 15) is 24.5 Å². The van der Waals surface area contributed by atoms with E-state index in [2.05, 4.69) is 0 Å². The summed E-state index contributed by atoms with van der Waals surface area (Å²) in [4.78, 5) is 48.3. The highest BCUT2D eigenvalue weighted by molar-refractivity contribution is 8.18. The monoisotopic (exact) mass is 460 g/mol. The number of thioether (sulfide) groups is 1. The third-order valence-corrected chi connectivity index (χ3v) is 5.40. The van der Waals surface area contributed by atoms with Gasteiger partial charge in [0.25, 0.3) is 16.8 Å². The normalized spacial score (nSPS) is 14.8. The summed E-state index contributed by atoms with van der Waals surface area (Å²) in [6.07, 6.45) is 2.90. The average Bonchev–Trinajstić information content (AvgIpc) is 3.33. The number of nitro benzene ring substituents is 1. The molecule has 0 atom stereocenters. The smallest absolute Gasteiger partial charge is 0.326 e. The van der Waals surface area contributed by atoms with E-state index in [0.29, 0.717) is 23.9 Å². The van der Waals surface area contributed by atoms with Gasteiger partial charge in [-0.1, -0.05) is 13.3 Å². The summed E-state index contributed by atoms with van der Waals surface area (Å²) in [6.45, 7) is 1.71. The van der Waals surface area contributed by atoms with Crippen LogP contribution in [0.4, 0.5) is 10.5 Å². The van der Waals surface area contributed by atoms with Crippen LogP contribution in [0.3, 0.4) is 0 Å². The maximum Gasteiger partial charge on any atom is 0.326 e. The molecule has 1 aromatic heterocycles. The highest BCUT2D eigenvalue weighted by atomic mass is 32.2. The van der Waals surface area contributed by atoms with Crippen molar-refractivity contribution >= 4 is 40.6 Å². The standard InChI is InChI=1S/C21H20N2O8S/c1-3-4-9-30-19(24)12-22-20(25)18(32-21(22)26)11-14-6-8-17(31-14)15-7-5-13(29-2)10-16(15)23(27)28/h5-8,10-11H,3-4,9,12H2,1-2H3/b18-11+. The van der Waals surface area contributed by atoms with E-state index in [4.69, 9.17) is 13.9 Å². The molecule has 1 aliphatic rings. The molecule has 0 saturated carbocycles. The fraction of sp³-hybridized carbons (Fsp3) is 0.286. The molecular formula is C21H20N2O8S. The Balaban J connectivity index is 1.77. The maximum absolute atomic E-state index is 12.5. The number of hydrogen-bond donors (Lipinski definition) is 0. The van der Waals surface area contributed by atoms with Crippen LogP contribution in [0.5, 0.6) is 5.75 Å². The van der Waals surface area contributed by atoms with Crippen LogP contribution in [-0.2, 0) is 14.3 Å². The molecule has 0 radical (unpaired) electrons. The lowest BCUT2D eigenvalue weighted by atomic mass is 10.1. The van der Waals surface area contributed by atoms with Gasteiger partial charge in [0.15, 0.2) is 0 Å². The Kier molecular flexibility index (Phi) is 7.31. The number of methoxy groups -OCH3 is 1. The van der Waals surface area contributed by atoms with Gasteiger partial charge in [-0.05, 0) is 42.4 Å². The number of amides is 2. The topological polar surface area (TPSA) is 129 Å². The lowest BCUT2D eigenvalue weighted by molar-refractivity contribution is -0.384. The Morgan fingerprint density at radius 3 is 2.75 bits per heavy atom. The highest BCUT2D eigenvalue weighted by Gasteiger charge is 2.37. The van der Waals surface area contributed by atoms with Gasteiger partial charge in [0.05, 0.1) is 35.2 Å². The highest BCUT2D eigenvalue weighted by Crippen LogP contribution is 2.36. The maximum atomic E-state index is 12.5. The van der Waals surface area contributed by atoms with Gasteiger partial charge in [-0.3, -0.25) is 29.4 Å². The van der Waals surface area contributed by atoms with Crippen LogP contribution in [0.25, 0.3) is 17.4 Å². The molecule has 2 aromatic rings. The van der Waals surface area contributed by atoms with Crippen molar-refractivity contribution in [1.29, 1.82) is 0 Å². The summed E-state index contributed by atoms with van der Waals surface area (Å²) in [5.41, 5.74) is 0.0329. The molecule has 0 N–H and O–H groups in total. The molecule has 2 amide bonds. The molecule has 10 nitrogen and oxygen atoms in total. The number of esters is 1. The first-order valence-electron chi connectivity index (χ1n) is 9.67. The summed E-state index contributed by atoms with van der Waals surface area (Å²) >= 11 is 0.671. The number of rotatable bonds is 9. The number of benzene rings is 1. The number of imide groups is 1. The molecule has 0 aliphatic carbocycles. The second kappa shape index (κ2) is 10.1. The van der Waals surface area contributed by atoms with Gasteiger partial charge >= 0.3 is 5.97 Å². The zero-order chi connectivity index (χ0) is 23.3. The van der Waals surface area contributed by atoms with Crippen molar-refractivity contribution in [2.24, 2.45) is 0 Å². The molecular weight excluding hydrogens is 440 g/mol. The van der Waals surface area contributed by atoms with Crippen LogP contribution in [0.1, 0.15) is 25.5 Å². The minimum Gasteiger partial charge on any atom is -0.497 e. The van der Waals surface area contributed by atoms with E-state index >= 15 is 0 Å². The summed E-state index contributed by atoms with van der Waals surface area (Å²) in [5, 5.41) is 10.8. The fourth-order valence-corrected chi connectivity index (χ4v) is 3.66. The number of carbonyl (C=O) groups is 3. The van der Waals surface area contributed by atoms with Gasteiger partial charge in [0.1, 0.15) is 23.8 Å². The zero-order valence-corrected chi connectivity index (χ0v) is 18.2. The quantitative estimate of drug-likeness (QED) is 0.177. The summed E-state index contributed by atoms with van der Waals surface area (Å²) in [6, 6.07) is 7.39. The molecule has 168 valence electrons. The Morgan fingerprint density at radius 1 is 1.28 bits per heavy atom. The number of unbranched alkanes of at least 4 members (excludes halogenated alkanes) is 1. The van der Waals surface area contributed by atoms with Crippen molar-refractivity contribution in [3.63, 3.8) is 0 Å². The molecule has 1 fully saturated rings. The first-order valence-corrected chi connectivity index (χ1v) is 10.5. The van der Waals surface area contributed by atoms with Gasteiger partial charge in [0.2, 0.25) is 0 Å². The van der Waals surface area contributed by atoms with Crippen molar-refractivity contribution in [2.75, 3.05) is 20.3 Å². The molecule has 0 bridgehead atoms. The van der Waals surface area contributed by atoms with Crippen LogP contribution in [-0.4, -0.2) is 47.2 Å². The third-order valence-electron chi connectivity index (χ3n) is 4.49. The van der Waals surface area contributed by atoms with E-state index in [1.54, 1.807) is 6.07 Å². The lowest BCUT2D eigenvalue weighted by Gasteiger charge is -2.11. The van der Waals surface area contributed by atoms with Crippen LogP contribution < -0.4 is 4.74 Å². The van der Waals surface area contributed by atoms with E-state index in [-0.39, 0.29) is 34.3 Å². The van der Waals surface area contributed by atoms with Crippen molar-refractivity contribution in [2.45, 2.75) is 19.8 Å². The van der Waals surface area contributed by atoms with E-state index in [0.717, 1.165) is 11.3 Å². The Bertz CT molecular complexity index is 1090. The van der Waals surface area contributed by atoms with Crippen molar-refractivity contribution in [1.82, 2.24) is 4.90 Å². The van der Waals surface area contributed by atoms with Crippen LogP contribution in [0, 0.1) is 10.1 Å². The van der Waals surface area contributed by atoms with Crippen molar-refractivity contribution < 1.29 is 33.2 Å². The SMILES string of the molecule is CCCCOC(=O)CN1C(=O)S/C(=C/c2ccc(-c3ccc(OC)cc3[N+](=O)[O-])o2)C1=O. The molecule has 3 rings (SSSR count). The molecule has 1 saturated heterocycles. The van der Waals surface area contributed by atoms with E-state index in [1.807, 2.05) is 6.92 Å². The molecule has 2 heterocycles. The first-order chi connectivity index (χ1) is 15.3. The Hall–Kier alpha value is -3.60. The predicted octanol–water partition coefficient (Wildman–Crippen LogP) is 4.24. The van der Waals surface area contributed by atoms with E-state index in [1.165, 1.54) is 37.5 Å². The second-order valence-corrected chi connectivity index (χ2v) is 7.68. The fourth-order valence-electron chi connectivity index (χ4n) is 2.84. The average molecular weight is 460 g/mol. The Labute approximate surface area is 187 Å². The largest absolute Gasteiger partial charge is 0.497 e. The van der Waals surface area contributed by atoms with Gasteiger partial charge < -0.3 is 13.9 Å². The van der Waals surface area contributed by atoms with E-state index < -0.39 is 28.6 Å². The predicted molar refractivity (Wildman–Crippen MR) is 116 cm³/mol. The molecule has 32 heavy (non-hydrogen) atoms. The van der Waals surface area contributed by atoms with Gasteiger partial charge in [-0.2, -0.15) is 0 Å². The summed E-state index contributed by atoms with van der Waals surface area (Å²) in [7, 11) is 1.40. The minimum absolute atomic E-state index is 0.0708. The number of carbonyl (C=O) groups excluding carboxylic acids is 3. The second-order valence-electron chi connectivity index (χ2n) is 6.68. The number of nitrogens with zero attached hydrogens (tertiary/aromatic N) is 2. The zero-order valence-electron chi connectivity index (χ0n) is 17.4. The molecule has 11 heteroatoms. The summed E-state index contributed by atoms with van der Waals surface area (Å²) < 4.78 is 15.7. The minimum atomic E-state index is -0.658. The first kappa shape index (κ1) is 23.1. The molecule has 0 spiro atoms. The van der Waals surface area contributed by atoms with Crippen LogP contribution in [0.15, 0.2) is 39.7 Å². The third kappa shape index (κ3) is 5.17. The summed E-state index contributed by atoms with van der Waals surface area (Å²) in [5.74, 6) is -0.533.